The number of carbonyl (C=O) groups is 1. The molecule has 0 saturated heterocycles. The second-order valence-corrected chi connectivity index (χ2v) is 7.84. The standard InChI is InChI=1S/C17H26N2O2S/c1-12(2)22-11-13-5-4-6-15(9-13)18-17(21)19(3)10-16(20)14-7-8-14/h4-6,9,12,14,16,20H,7-8,10-11H2,1-3H3,(H,18,21). The second-order valence-electron chi connectivity index (χ2n) is 6.28. The van der Waals surface area contributed by atoms with Crippen LogP contribution in [-0.2, 0) is 5.75 Å². The number of nitrogens with one attached hydrogen (secondary N) is 1. The molecular weight excluding hydrogens is 296 g/mol. The Morgan fingerprint density at radius 2 is 2.18 bits per heavy atom. The van der Waals surface area contributed by atoms with Crippen LogP contribution in [0.2, 0.25) is 0 Å². The highest BCUT2D eigenvalue weighted by Crippen LogP contribution is 2.32. The number of urea groups is 1. The molecule has 4 nitrogen and oxygen atoms in total. The van der Waals surface area contributed by atoms with Crippen LogP contribution in [0.5, 0.6) is 0 Å². The summed E-state index contributed by atoms with van der Waals surface area (Å²) in [6.07, 6.45) is 1.75. The SMILES string of the molecule is CC(C)SCc1cccc(NC(=O)N(C)CC(O)C2CC2)c1. The summed E-state index contributed by atoms with van der Waals surface area (Å²) in [5.41, 5.74) is 2.01. The van der Waals surface area contributed by atoms with E-state index in [1.165, 1.54) is 5.56 Å². The maximum absolute atomic E-state index is 12.2. The fraction of sp³-hybridized carbons (Fsp3) is 0.588. The zero-order valence-electron chi connectivity index (χ0n) is 13.6. The fourth-order valence-electron chi connectivity index (χ4n) is 2.21. The number of aliphatic hydroxyl groups excluding tert-OH is 1. The number of anilines is 1. The predicted octanol–water partition coefficient (Wildman–Crippen LogP) is 3.56. The first-order valence-electron chi connectivity index (χ1n) is 7.86. The van der Waals surface area contributed by atoms with Crippen molar-refractivity contribution >= 4 is 23.5 Å². The van der Waals surface area contributed by atoms with E-state index in [0.717, 1.165) is 24.3 Å². The highest BCUT2D eigenvalue weighted by Gasteiger charge is 2.31. The summed E-state index contributed by atoms with van der Waals surface area (Å²) in [5.74, 6) is 1.32. The molecule has 1 aliphatic rings. The molecule has 1 aliphatic carbocycles. The molecule has 2 N–H and O–H groups in total. The third kappa shape index (κ3) is 5.54. The molecule has 0 radical (unpaired) electrons. The number of likely N-dealkylation sites (N-methyl/N-ethyl adjacent to an activating group) is 1. The lowest BCUT2D eigenvalue weighted by molar-refractivity contribution is 0.117. The van der Waals surface area contributed by atoms with Gasteiger partial charge in [0.15, 0.2) is 0 Å². The largest absolute Gasteiger partial charge is 0.391 e. The Bertz CT molecular complexity index is 503. The number of benzene rings is 1. The summed E-state index contributed by atoms with van der Waals surface area (Å²) < 4.78 is 0. The molecule has 1 unspecified atom stereocenters. The molecule has 1 fully saturated rings. The van der Waals surface area contributed by atoms with Crippen LogP contribution in [0.15, 0.2) is 24.3 Å². The molecule has 122 valence electrons. The molecule has 2 amide bonds. The van der Waals surface area contributed by atoms with E-state index in [0.29, 0.717) is 17.7 Å². The van der Waals surface area contributed by atoms with Crippen molar-refractivity contribution < 1.29 is 9.90 Å². The smallest absolute Gasteiger partial charge is 0.321 e. The molecule has 0 aliphatic heterocycles. The van der Waals surface area contributed by atoms with Crippen molar-refractivity contribution in [2.24, 2.45) is 5.92 Å². The summed E-state index contributed by atoms with van der Waals surface area (Å²) in [5, 5.41) is 13.4. The molecule has 0 heterocycles. The van der Waals surface area contributed by atoms with Crippen LogP contribution in [0.4, 0.5) is 10.5 Å². The Morgan fingerprint density at radius 1 is 1.45 bits per heavy atom. The highest BCUT2D eigenvalue weighted by molar-refractivity contribution is 7.99. The van der Waals surface area contributed by atoms with Gasteiger partial charge in [-0.05, 0) is 41.7 Å². The van der Waals surface area contributed by atoms with Gasteiger partial charge in [0.05, 0.1) is 6.10 Å². The zero-order valence-corrected chi connectivity index (χ0v) is 14.4. The summed E-state index contributed by atoms with van der Waals surface area (Å²) in [6.45, 7) is 4.74. The Morgan fingerprint density at radius 3 is 2.82 bits per heavy atom. The number of aliphatic hydroxyl groups is 1. The van der Waals surface area contributed by atoms with Crippen LogP contribution in [0, 0.1) is 5.92 Å². The third-order valence-corrected chi connectivity index (χ3v) is 4.90. The summed E-state index contributed by atoms with van der Waals surface area (Å²) in [6, 6.07) is 7.77. The average Bonchev–Trinajstić information content (AvgIpc) is 3.30. The van der Waals surface area contributed by atoms with Crippen LogP contribution in [0.3, 0.4) is 0 Å². The van der Waals surface area contributed by atoms with Crippen molar-refractivity contribution in [1.82, 2.24) is 4.90 Å². The average molecular weight is 322 g/mol. The Kier molecular flexibility index (Phi) is 6.15. The Labute approximate surface area is 137 Å². The van der Waals surface area contributed by atoms with Gasteiger partial charge in [-0.15, -0.1) is 0 Å². The number of thioether (sulfide) groups is 1. The van der Waals surface area contributed by atoms with E-state index in [1.807, 2.05) is 30.0 Å². The van der Waals surface area contributed by atoms with Crippen LogP contribution in [-0.4, -0.2) is 41.0 Å². The van der Waals surface area contributed by atoms with Gasteiger partial charge in [0.2, 0.25) is 0 Å². The quantitative estimate of drug-likeness (QED) is 0.807. The molecule has 1 atom stereocenters. The molecule has 22 heavy (non-hydrogen) atoms. The normalized spacial score (nSPS) is 15.7. The number of nitrogens with zero attached hydrogens (tertiary/aromatic N) is 1. The van der Waals surface area contributed by atoms with Gasteiger partial charge in [-0.2, -0.15) is 11.8 Å². The molecule has 5 heteroatoms. The topological polar surface area (TPSA) is 52.6 Å². The molecule has 0 spiro atoms. The first kappa shape index (κ1) is 17.2. The van der Waals surface area contributed by atoms with Crippen molar-refractivity contribution in [3.05, 3.63) is 29.8 Å². The van der Waals surface area contributed by atoms with E-state index in [2.05, 4.69) is 25.2 Å². The number of amides is 2. The number of hydrogen-bond acceptors (Lipinski definition) is 3. The van der Waals surface area contributed by atoms with Gasteiger partial charge in [-0.3, -0.25) is 0 Å². The van der Waals surface area contributed by atoms with Gasteiger partial charge in [-0.25, -0.2) is 4.79 Å². The molecule has 1 aromatic carbocycles. The zero-order chi connectivity index (χ0) is 16.1. The minimum absolute atomic E-state index is 0.173. The van der Waals surface area contributed by atoms with Crippen molar-refractivity contribution in [3.8, 4) is 0 Å². The number of hydrogen-bond donors (Lipinski definition) is 2. The van der Waals surface area contributed by atoms with Crippen LogP contribution >= 0.6 is 11.8 Å². The lowest BCUT2D eigenvalue weighted by atomic mass is 10.2. The number of carbonyl (C=O) groups excluding carboxylic acids is 1. The lowest BCUT2D eigenvalue weighted by Gasteiger charge is -2.21. The van der Waals surface area contributed by atoms with Gasteiger partial charge < -0.3 is 15.3 Å². The van der Waals surface area contributed by atoms with Crippen molar-refractivity contribution in [2.75, 3.05) is 18.9 Å². The molecular formula is C17H26N2O2S. The molecule has 1 saturated carbocycles. The van der Waals surface area contributed by atoms with Gasteiger partial charge in [0.1, 0.15) is 0 Å². The van der Waals surface area contributed by atoms with Gasteiger partial charge in [-0.1, -0.05) is 26.0 Å². The summed E-state index contributed by atoms with van der Waals surface area (Å²) >= 11 is 1.88. The van der Waals surface area contributed by atoms with E-state index >= 15 is 0 Å². The van der Waals surface area contributed by atoms with Crippen LogP contribution in [0.25, 0.3) is 0 Å². The monoisotopic (exact) mass is 322 g/mol. The van der Waals surface area contributed by atoms with Crippen molar-refractivity contribution in [2.45, 2.75) is 43.8 Å². The van der Waals surface area contributed by atoms with E-state index in [1.54, 1.807) is 11.9 Å². The summed E-state index contributed by atoms with van der Waals surface area (Å²) in [4.78, 5) is 13.7. The maximum atomic E-state index is 12.2. The number of rotatable bonds is 7. The van der Waals surface area contributed by atoms with Crippen molar-refractivity contribution in [1.29, 1.82) is 0 Å². The van der Waals surface area contributed by atoms with Gasteiger partial charge in [0, 0.05) is 25.0 Å². The molecule has 0 bridgehead atoms. The first-order chi connectivity index (χ1) is 10.5. The lowest BCUT2D eigenvalue weighted by Crippen LogP contribution is -2.38. The van der Waals surface area contributed by atoms with Gasteiger partial charge >= 0.3 is 6.03 Å². The van der Waals surface area contributed by atoms with Crippen molar-refractivity contribution in [3.63, 3.8) is 0 Å². The Hall–Kier alpha value is -1.20. The fourth-order valence-corrected chi connectivity index (χ4v) is 2.92. The Balaban J connectivity index is 1.85. The van der Waals surface area contributed by atoms with E-state index in [-0.39, 0.29) is 6.03 Å². The predicted molar refractivity (Wildman–Crippen MR) is 93.3 cm³/mol. The molecule has 2 rings (SSSR count). The van der Waals surface area contributed by atoms with E-state index < -0.39 is 6.10 Å². The second kappa shape index (κ2) is 7.88. The minimum atomic E-state index is -0.399. The molecule has 0 aromatic heterocycles. The first-order valence-corrected chi connectivity index (χ1v) is 8.91. The maximum Gasteiger partial charge on any atom is 0.321 e. The highest BCUT2D eigenvalue weighted by atomic mass is 32.2. The van der Waals surface area contributed by atoms with Crippen LogP contribution < -0.4 is 5.32 Å². The minimum Gasteiger partial charge on any atom is -0.391 e. The summed E-state index contributed by atoms with van der Waals surface area (Å²) in [7, 11) is 1.72. The molecule has 1 aromatic rings. The van der Waals surface area contributed by atoms with E-state index in [4.69, 9.17) is 0 Å². The third-order valence-electron chi connectivity index (χ3n) is 3.74. The van der Waals surface area contributed by atoms with Gasteiger partial charge in [0.25, 0.3) is 0 Å². The van der Waals surface area contributed by atoms with E-state index in [9.17, 15) is 9.90 Å². The van der Waals surface area contributed by atoms with Crippen LogP contribution in [0.1, 0.15) is 32.3 Å².